The van der Waals surface area contributed by atoms with E-state index in [0.717, 1.165) is 4.90 Å². The second-order valence-electron chi connectivity index (χ2n) is 6.60. The molecule has 3 N–H and O–H groups in total. The van der Waals surface area contributed by atoms with Gasteiger partial charge >= 0.3 is 12.1 Å². The van der Waals surface area contributed by atoms with Crippen molar-refractivity contribution in [3.05, 3.63) is 35.9 Å². The van der Waals surface area contributed by atoms with Crippen LogP contribution in [0.5, 0.6) is 0 Å². The van der Waals surface area contributed by atoms with Gasteiger partial charge in [-0.2, -0.15) is 0 Å². The van der Waals surface area contributed by atoms with Crippen molar-refractivity contribution < 1.29 is 19.2 Å². The number of urea groups is 2. The second kappa shape index (κ2) is 7.99. The molecular formula is C18H24N4O4. The highest BCUT2D eigenvalue weighted by Gasteiger charge is 2.51. The molecule has 0 spiro atoms. The maximum Gasteiger partial charge on any atom is 0.325 e. The predicted molar refractivity (Wildman–Crippen MR) is 95.0 cm³/mol. The summed E-state index contributed by atoms with van der Waals surface area (Å²) in [5.74, 6) is -0.999. The standard InChI is InChI=1S/C18H24N4O4/c1-4-18(13-8-6-5-7-9-13)15(24)22(17(26)21-18)11-14(23)20-16(25)19-10-12(2)3/h5-9,12H,4,10-11H2,1-3H3,(H,21,26)(H2,19,20,23,25). The van der Waals surface area contributed by atoms with E-state index in [0.29, 0.717) is 18.5 Å². The van der Waals surface area contributed by atoms with E-state index in [1.807, 2.05) is 19.9 Å². The van der Waals surface area contributed by atoms with Crippen LogP contribution in [0.1, 0.15) is 32.8 Å². The summed E-state index contributed by atoms with van der Waals surface area (Å²) in [4.78, 5) is 49.7. The summed E-state index contributed by atoms with van der Waals surface area (Å²) in [7, 11) is 0. The number of nitrogens with zero attached hydrogens (tertiary/aromatic N) is 1. The molecule has 1 fully saturated rings. The summed E-state index contributed by atoms with van der Waals surface area (Å²) >= 11 is 0. The van der Waals surface area contributed by atoms with E-state index in [9.17, 15) is 19.2 Å². The van der Waals surface area contributed by atoms with Gasteiger partial charge in [0, 0.05) is 6.54 Å². The number of hydrogen-bond acceptors (Lipinski definition) is 4. The highest BCUT2D eigenvalue weighted by molar-refractivity contribution is 6.10. The van der Waals surface area contributed by atoms with Crippen molar-refractivity contribution in [2.24, 2.45) is 5.92 Å². The number of amides is 6. The Hall–Kier alpha value is -2.90. The molecule has 0 saturated carbocycles. The fourth-order valence-corrected chi connectivity index (χ4v) is 2.78. The van der Waals surface area contributed by atoms with E-state index >= 15 is 0 Å². The van der Waals surface area contributed by atoms with Crippen molar-refractivity contribution in [3.8, 4) is 0 Å². The van der Waals surface area contributed by atoms with Crippen molar-refractivity contribution in [1.29, 1.82) is 0 Å². The minimum atomic E-state index is -1.20. The Labute approximate surface area is 152 Å². The Balaban J connectivity index is 2.07. The summed E-state index contributed by atoms with van der Waals surface area (Å²) in [6.07, 6.45) is 0.342. The fraction of sp³-hybridized carbons (Fsp3) is 0.444. The second-order valence-corrected chi connectivity index (χ2v) is 6.60. The maximum atomic E-state index is 12.9. The average Bonchev–Trinajstić information content (AvgIpc) is 2.85. The molecule has 0 aromatic heterocycles. The summed E-state index contributed by atoms with van der Waals surface area (Å²) in [5, 5.41) is 7.35. The largest absolute Gasteiger partial charge is 0.338 e. The predicted octanol–water partition coefficient (Wildman–Crippen LogP) is 1.33. The van der Waals surface area contributed by atoms with E-state index in [4.69, 9.17) is 0 Å². The van der Waals surface area contributed by atoms with Gasteiger partial charge in [0.25, 0.3) is 5.91 Å². The summed E-state index contributed by atoms with van der Waals surface area (Å²) < 4.78 is 0. The van der Waals surface area contributed by atoms with Crippen LogP contribution in [0.4, 0.5) is 9.59 Å². The van der Waals surface area contributed by atoms with Gasteiger partial charge in [-0.3, -0.25) is 19.8 Å². The lowest BCUT2D eigenvalue weighted by Crippen LogP contribution is -2.47. The summed E-state index contributed by atoms with van der Waals surface area (Å²) in [6.45, 7) is 5.52. The molecule has 0 bridgehead atoms. The molecule has 8 heteroatoms. The van der Waals surface area contributed by atoms with Crippen LogP contribution in [-0.2, 0) is 15.1 Å². The Bertz CT molecular complexity index is 704. The van der Waals surface area contributed by atoms with Gasteiger partial charge in [0.2, 0.25) is 5.91 Å². The minimum Gasteiger partial charge on any atom is -0.338 e. The molecule has 26 heavy (non-hydrogen) atoms. The van der Waals surface area contributed by atoms with Gasteiger partial charge in [-0.15, -0.1) is 0 Å². The topological polar surface area (TPSA) is 108 Å². The van der Waals surface area contributed by atoms with Crippen molar-refractivity contribution in [2.45, 2.75) is 32.7 Å². The SMILES string of the molecule is CCC1(c2ccccc2)NC(=O)N(CC(=O)NC(=O)NCC(C)C)C1=O. The van der Waals surface area contributed by atoms with Crippen LogP contribution in [0.2, 0.25) is 0 Å². The highest BCUT2D eigenvalue weighted by Crippen LogP contribution is 2.32. The number of nitrogens with one attached hydrogen (secondary N) is 3. The van der Waals surface area contributed by atoms with Gasteiger partial charge in [0.1, 0.15) is 12.1 Å². The van der Waals surface area contributed by atoms with Gasteiger partial charge in [0.15, 0.2) is 0 Å². The van der Waals surface area contributed by atoms with Crippen LogP contribution < -0.4 is 16.0 Å². The van der Waals surface area contributed by atoms with Crippen LogP contribution in [0, 0.1) is 5.92 Å². The van der Waals surface area contributed by atoms with Gasteiger partial charge in [-0.05, 0) is 17.9 Å². The lowest BCUT2D eigenvalue weighted by molar-refractivity contribution is -0.135. The molecule has 1 aromatic rings. The van der Waals surface area contributed by atoms with Crippen molar-refractivity contribution in [2.75, 3.05) is 13.1 Å². The van der Waals surface area contributed by atoms with E-state index in [1.165, 1.54) is 0 Å². The van der Waals surface area contributed by atoms with Crippen LogP contribution in [-0.4, -0.2) is 41.9 Å². The lowest BCUT2D eigenvalue weighted by Gasteiger charge is -2.25. The zero-order chi connectivity index (χ0) is 19.3. The number of benzene rings is 1. The number of carbonyl (C=O) groups is 4. The van der Waals surface area contributed by atoms with Gasteiger partial charge in [-0.1, -0.05) is 51.1 Å². The van der Waals surface area contributed by atoms with E-state index in [-0.39, 0.29) is 5.92 Å². The smallest absolute Gasteiger partial charge is 0.325 e. The van der Waals surface area contributed by atoms with Gasteiger partial charge < -0.3 is 10.6 Å². The fourth-order valence-electron chi connectivity index (χ4n) is 2.78. The van der Waals surface area contributed by atoms with Crippen molar-refractivity contribution >= 4 is 23.9 Å². The molecule has 8 nitrogen and oxygen atoms in total. The van der Waals surface area contributed by atoms with Crippen LogP contribution in [0.25, 0.3) is 0 Å². The zero-order valence-corrected chi connectivity index (χ0v) is 15.2. The highest BCUT2D eigenvalue weighted by atomic mass is 16.2. The molecule has 0 aliphatic carbocycles. The van der Waals surface area contributed by atoms with Crippen molar-refractivity contribution in [3.63, 3.8) is 0 Å². The van der Waals surface area contributed by atoms with E-state index in [2.05, 4.69) is 16.0 Å². The third kappa shape index (κ3) is 4.01. The molecule has 0 radical (unpaired) electrons. The van der Waals surface area contributed by atoms with Gasteiger partial charge in [0.05, 0.1) is 0 Å². The first-order valence-corrected chi connectivity index (χ1v) is 8.57. The molecule has 1 aromatic carbocycles. The number of imide groups is 2. The Kier molecular flexibility index (Phi) is 5.97. The maximum absolute atomic E-state index is 12.9. The first-order valence-electron chi connectivity index (χ1n) is 8.57. The molecule has 1 atom stereocenters. The third-order valence-corrected chi connectivity index (χ3v) is 4.20. The molecule has 1 unspecified atom stereocenters. The zero-order valence-electron chi connectivity index (χ0n) is 15.2. The number of hydrogen-bond donors (Lipinski definition) is 3. The van der Waals surface area contributed by atoms with Crippen LogP contribution in [0.3, 0.4) is 0 Å². The number of carbonyl (C=O) groups excluding carboxylic acids is 4. The van der Waals surface area contributed by atoms with E-state index in [1.54, 1.807) is 31.2 Å². The monoisotopic (exact) mass is 360 g/mol. The van der Waals surface area contributed by atoms with Crippen LogP contribution in [0.15, 0.2) is 30.3 Å². The number of rotatable bonds is 6. The van der Waals surface area contributed by atoms with Crippen LogP contribution >= 0.6 is 0 Å². The molecule has 140 valence electrons. The summed E-state index contributed by atoms with van der Waals surface area (Å²) in [6, 6.07) is 7.57. The van der Waals surface area contributed by atoms with Gasteiger partial charge in [-0.25, -0.2) is 9.59 Å². The Morgan fingerprint density at radius 2 is 1.85 bits per heavy atom. The third-order valence-electron chi connectivity index (χ3n) is 4.20. The molecule has 2 rings (SSSR count). The van der Waals surface area contributed by atoms with E-state index < -0.39 is 36.0 Å². The van der Waals surface area contributed by atoms with Crippen molar-refractivity contribution in [1.82, 2.24) is 20.9 Å². The lowest BCUT2D eigenvalue weighted by atomic mass is 9.87. The Morgan fingerprint density at radius 3 is 2.42 bits per heavy atom. The molecule has 1 aliphatic rings. The molecular weight excluding hydrogens is 336 g/mol. The molecule has 1 heterocycles. The first kappa shape index (κ1) is 19.4. The molecule has 6 amide bonds. The first-order chi connectivity index (χ1) is 12.3. The average molecular weight is 360 g/mol. The summed E-state index contributed by atoms with van der Waals surface area (Å²) in [5.41, 5.74) is -0.545. The molecule has 1 aliphatic heterocycles. The Morgan fingerprint density at radius 1 is 1.19 bits per heavy atom. The quantitative estimate of drug-likeness (QED) is 0.665. The molecule has 1 saturated heterocycles. The minimum absolute atomic E-state index is 0.234. The normalized spacial score (nSPS) is 19.5.